The first-order valence-electron chi connectivity index (χ1n) is 3.08. The van der Waals surface area contributed by atoms with Gasteiger partial charge in [0, 0.05) is 23.9 Å². The van der Waals surface area contributed by atoms with Crippen molar-refractivity contribution in [3.8, 4) is 11.8 Å². The molecule has 1 rings (SSSR count). The number of hydrogen-bond donors (Lipinski definition) is 0. The Kier molecular flexibility index (Phi) is 2.34. The average molecular weight is 171 g/mol. The maximum absolute atomic E-state index is 11.6. The summed E-state index contributed by atoms with van der Waals surface area (Å²) < 4.78 is 34.7. The molecule has 0 aliphatic heterocycles. The zero-order valence-electron chi connectivity index (χ0n) is 5.89. The third-order valence-electron chi connectivity index (χ3n) is 1.03. The molecular weight excluding hydrogens is 167 g/mol. The molecule has 62 valence electrons. The molecule has 0 spiro atoms. The minimum atomic E-state index is -4.43. The topological polar surface area (TPSA) is 12.9 Å². The lowest BCUT2D eigenvalue weighted by Crippen LogP contribution is -2.01. The van der Waals surface area contributed by atoms with Crippen LogP contribution in [0.2, 0.25) is 0 Å². The molecule has 12 heavy (non-hydrogen) atoms. The van der Waals surface area contributed by atoms with Gasteiger partial charge in [0.15, 0.2) is 0 Å². The molecule has 1 heterocycles. The number of alkyl halides is 3. The highest BCUT2D eigenvalue weighted by Gasteiger charge is 2.22. The fourth-order valence-corrected chi connectivity index (χ4v) is 0.578. The fraction of sp³-hybridized carbons (Fsp3) is 0.125. The zero-order chi connectivity index (χ0) is 9.03. The van der Waals surface area contributed by atoms with E-state index in [0.29, 0.717) is 5.56 Å². The van der Waals surface area contributed by atoms with Crippen LogP contribution in [0.15, 0.2) is 24.5 Å². The number of pyridine rings is 1. The van der Waals surface area contributed by atoms with E-state index < -0.39 is 6.18 Å². The molecule has 0 fully saturated rings. The summed E-state index contributed by atoms with van der Waals surface area (Å²) in [6.45, 7) is 0. The van der Waals surface area contributed by atoms with Crippen LogP contribution in [0.5, 0.6) is 0 Å². The average Bonchev–Trinajstić information content (AvgIpc) is 2.02. The normalized spacial score (nSPS) is 10.2. The van der Waals surface area contributed by atoms with Crippen LogP contribution in [0.25, 0.3) is 0 Å². The lowest BCUT2D eigenvalue weighted by atomic mass is 10.3. The monoisotopic (exact) mass is 171 g/mol. The van der Waals surface area contributed by atoms with E-state index in [1.807, 2.05) is 5.92 Å². The van der Waals surface area contributed by atoms with Crippen molar-refractivity contribution in [2.24, 2.45) is 0 Å². The molecule has 0 saturated heterocycles. The van der Waals surface area contributed by atoms with Crippen molar-refractivity contribution in [3.63, 3.8) is 0 Å². The van der Waals surface area contributed by atoms with E-state index in [1.165, 1.54) is 24.5 Å². The molecule has 0 aliphatic carbocycles. The highest BCUT2D eigenvalue weighted by atomic mass is 19.4. The van der Waals surface area contributed by atoms with Crippen molar-refractivity contribution in [2.75, 3.05) is 0 Å². The first-order chi connectivity index (χ1) is 5.58. The van der Waals surface area contributed by atoms with Gasteiger partial charge in [-0.1, -0.05) is 5.92 Å². The first kappa shape index (κ1) is 8.60. The lowest BCUT2D eigenvalue weighted by molar-refractivity contribution is -0.0696. The van der Waals surface area contributed by atoms with Gasteiger partial charge in [-0.25, -0.2) is 0 Å². The molecule has 0 N–H and O–H groups in total. The van der Waals surface area contributed by atoms with Crippen LogP contribution < -0.4 is 0 Å². The maximum Gasteiger partial charge on any atom is 0.458 e. The van der Waals surface area contributed by atoms with Crippen molar-refractivity contribution in [1.82, 2.24) is 4.98 Å². The number of halogens is 3. The quantitative estimate of drug-likeness (QED) is 0.544. The molecule has 4 heteroatoms. The standard InChI is InChI=1S/C8H4F3N/c9-8(10,11)4-1-7-2-5-12-6-3-7/h2-3,5-6H. The number of rotatable bonds is 0. The second-order valence-corrected chi connectivity index (χ2v) is 1.98. The summed E-state index contributed by atoms with van der Waals surface area (Å²) in [5.74, 6) is 3.13. The van der Waals surface area contributed by atoms with E-state index in [-0.39, 0.29) is 0 Å². The highest BCUT2D eigenvalue weighted by Crippen LogP contribution is 2.12. The Morgan fingerprint density at radius 1 is 1.17 bits per heavy atom. The molecule has 0 bridgehead atoms. The van der Waals surface area contributed by atoms with Gasteiger partial charge in [-0.3, -0.25) is 4.98 Å². The fourth-order valence-electron chi connectivity index (χ4n) is 0.578. The van der Waals surface area contributed by atoms with E-state index in [2.05, 4.69) is 4.98 Å². The molecule has 0 aromatic carbocycles. The Morgan fingerprint density at radius 2 is 1.75 bits per heavy atom. The van der Waals surface area contributed by atoms with Crippen molar-refractivity contribution in [1.29, 1.82) is 0 Å². The van der Waals surface area contributed by atoms with Gasteiger partial charge in [0.05, 0.1) is 0 Å². The van der Waals surface area contributed by atoms with E-state index in [4.69, 9.17) is 0 Å². The molecule has 1 aromatic rings. The number of nitrogens with zero attached hydrogens (tertiary/aromatic N) is 1. The van der Waals surface area contributed by atoms with Gasteiger partial charge in [0.25, 0.3) is 0 Å². The minimum Gasteiger partial charge on any atom is -0.265 e. The van der Waals surface area contributed by atoms with E-state index in [1.54, 1.807) is 0 Å². The largest absolute Gasteiger partial charge is 0.458 e. The van der Waals surface area contributed by atoms with E-state index >= 15 is 0 Å². The molecule has 0 amide bonds. The molecule has 1 nitrogen and oxygen atoms in total. The third kappa shape index (κ3) is 3.06. The van der Waals surface area contributed by atoms with Crippen LogP contribution in [0, 0.1) is 11.8 Å². The van der Waals surface area contributed by atoms with Crippen molar-refractivity contribution < 1.29 is 13.2 Å². The zero-order valence-corrected chi connectivity index (χ0v) is 5.89. The summed E-state index contributed by atoms with van der Waals surface area (Å²) in [7, 11) is 0. The minimum absolute atomic E-state index is 0.308. The SMILES string of the molecule is FC(F)(F)C#Cc1ccncc1. The van der Waals surface area contributed by atoms with Gasteiger partial charge >= 0.3 is 6.18 Å². The predicted octanol–water partition coefficient (Wildman–Crippen LogP) is 2.00. The van der Waals surface area contributed by atoms with Gasteiger partial charge in [-0.15, -0.1) is 0 Å². The third-order valence-corrected chi connectivity index (χ3v) is 1.03. The van der Waals surface area contributed by atoms with Crippen LogP contribution >= 0.6 is 0 Å². The second-order valence-electron chi connectivity index (χ2n) is 1.98. The van der Waals surface area contributed by atoms with Gasteiger partial charge in [0.2, 0.25) is 0 Å². The Hall–Kier alpha value is -1.50. The summed E-state index contributed by atoms with van der Waals surface area (Å²) in [4.78, 5) is 3.64. The van der Waals surface area contributed by atoms with E-state index in [0.717, 1.165) is 5.92 Å². The molecule has 0 unspecified atom stereocenters. The van der Waals surface area contributed by atoms with Crippen LogP contribution in [0.4, 0.5) is 13.2 Å². The van der Waals surface area contributed by atoms with Crippen molar-refractivity contribution in [2.45, 2.75) is 6.18 Å². The van der Waals surface area contributed by atoms with E-state index in [9.17, 15) is 13.2 Å². The van der Waals surface area contributed by atoms with Crippen molar-refractivity contribution in [3.05, 3.63) is 30.1 Å². The molecular formula is C8H4F3N. The van der Waals surface area contributed by atoms with Crippen molar-refractivity contribution >= 4 is 0 Å². The predicted molar refractivity (Wildman–Crippen MR) is 37.2 cm³/mol. The Balaban J connectivity index is 2.81. The first-order valence-corrected chi connectivity index (χ1v) is 3.08. The summed E-state index contributed by atoms with van der Waals surface area (Å²) in [5, 5.41) is 0. The lowest BCUT2D eigenvalue weighted by Gasteiger charge is -1.91. The second kappa shape index (κ2) is 3.26. The summed E-state index contributed by atoms with van der Waals surface area (Å²) >= 11 is 0. The summed E-state index contributed by atoms with van der Waals surface area (Å²) in [6.07, 6.45) is -1.65. The van der Waals surface area contributed by atoms with Gasteiger partial charge < -0.3 is 0 Å². The molecule has 0 atom stereocenters. The van der Waals surface area contributed by atoms with Gasteiger partial charge in [-0.05, 0) is 12.1 Å². The molecule has 0 radical (unpaired) electrons. The summed E-state index contributed by atoms with van der Waals surface area (Å²) in [6, 6.07) is 2.83. The van der Waals surface area contributed by atoms with Gasteiger partial charge in [0.1, 0.15) is 0 Å². The van der Waals surface area contributed by atoms with Crippen LogP contribution in [0.1, 0.15) is 5.56 Å². The molecule has 0 saturated carbocycles. The highest BCUT2D eigenvalue weighted by molar-refractivity contribution is 5.32. The maximum atomic E-state index is 11.6. The number of aromatic nitrogens is 1. The smallest absolute Gasteiger partial charge is 0.265 e. The molecule has 1 aromatic heterocycles. The van der Waals surface area contributed by atoms with Crippen LogP contribution in [0.3, 0.4) is 0 Å². The van der Waals surface area contributed by atoms with Crippen LogP contribution in [-0.4, -0.2) is 11.2 Å². The number of hydrogen-bond acceptors (Lipinski definition) is 1. The Morgan fingerprint density at radius 3 is 2.25 bits per heavy atom. The van der Waals surface area contributed by atoms with Crippen LogP contribution in [-0.2, 0) is 0 Å². The molecule has 0 aliphatic rings. The summed E-state index contributed by atoms with van der Waals surface area (Å²) in [5.41, 5.74) is 0.308. The Bertz CT molecular complexity index is 305. The van der Waals surface area contributed by atoms with Gasteiger partial charge in [-0.2, -0.15) is 13.2 Å². The Labute approximate surface area is 67.2 Å².